The molecule has 274 valence electrons. The topological polar surface area (TPSA) is 150 Å². The summed E-state index contributed by atoms with van der Waals surface area (Å²) in [5.41, 5.74) is 12.7. The zero-order chi connectivity index (χ0) is 37.0. The summed E-state index contributed by atoms with van der Waals surface area (Å²) in [5.74, 6) is 0.401. The van der Waals surface area contributed by atoms with Gasteiger partial charge in [0.1, 0.15) is 0 Å². The number of benzene rings is 4. The molecule has 5 N–H and O–H groups in total. The average molecular weight is 733 g/mol. The number of nitrogen functional groups attached to an aromatic ring is 1. The van der Waals surface area contributed by atoms with Gasteiger partial charge in [0.25, 0.3) is 5.03 Å². The molecule has 2 amide bonds. The minimum atomic E-state index is -0.611. The zero-order valence-corrected chi connectivity index (χ0v) is 30.2. The number of anilines is 2. The maximum absolute atomic E-state index is 12.6. The molecule has 0 unspecified atom stereocenters. The van der Waals surface area contributed by atoms with Crippen molar-refractivity contribution < 1.29 is 28.9 Å². The molecule has 3 atom stereocenters. The van der Waals surface area contributed by atoms with E-state index in [1.54, 1.807) is 24.3 Å². The number of rotatable bonds is 15. The van der Waals surface area contributed by atoms with Gasteiger partial charge in [-0.15, -0.1) is 0 Å². The molecule has 4 aromatic carbocycles. The molecule has 11 heteroatoms. The van der Waals surface area contributed by atoms with Gasteiger partial charge in [0.15, 0.2) is 12.5 Å². The summed E-state index contributed by atoms with van der Waals surface area (Å²) in [7, 11) is 0. The number of aromatic nitrogens is 1. The molecule has 0 aliphatic carbocycles. The third-order valence-corrected chi connectivity index (χ3v) is 10.2. The Balaban J connectivity index is 1.03. The molecule has 5 aromatic rings. The quantitative estimate of drug-likeness (QED) is 0.0290. The van der Waals surface area contributed by atoms with E-state index in [0.29, 0.717) is 60.8 Å². The fraction of sp³-hybridized carbons (Fsp3) is 0.262. The van der Waals surface area contributed by atoms with Gasteiger partial charge in [0, 0.05) is 49.3 Å². The van der Waals surface area contributed by atoms with Crippen LogP contribution in [0.15, 0.2) is 126 Å². The van der Waals surface area contributed by atoms with Gasteiger partial charge in [0.05, 0.1) is 30.2 Å². The van der Waals surface area contributed by atoms with Crippen molar-refractivity contribution >= 4 is 35.0 Å². The van der Waals surface area contributed by atoms with Gasteiger partial charge in [-0.2, -0.15) is 4.73 Å². The van der Waals surface area contributed by atoms with Crippen LogP contribution < -0.4 is 21.1 Å². The second-order valence-electron chi connectivity index (χ2n) is 13.0. The Morgan fingerprint density at radius 3 is 2.30 bits per heavy atom. The SMILES string of the molecule is Nc1ccccc1NC(=O)CCCCC(=O)NCc1cccc(-c2ccc([C@@H]3O[C@H](CSc4cccc[n+]4[O-])C[C@H](c4ccc(CO)cc4)O3)cc2)c1. The lowest BCUT2D eigenvalue weighted by atomic mass is 9.99. The Morgan fingerprint density at radius 2 is 1.55 bits per heavy atom. The Kier molecular flexibility index (Phi) is 13.1. The molecule has 53 heavy (non-hydrogen) atoms. The number of unbranched alkanes of at least 4 members (excludes halogenated alkanes) is 1. The molecule has 10 nitrogen and oxygen atoms in total. The number of nitrogens with one attached hydrogen (secondary N) is 2. The van der Waals surface area contributed by atoms with Crippen molar-refractivity contribution in [3.8, 4) is 11.1 Å². The summed E-state index contributed by atoms with van der Waals surface area (Å²) in [6.07, 6.45) is 2.96. The molecular formula is C42H44N4O6S. The first kappa shape index (κ1) is 37.6. The minimum absolute atomic E-state index is 0.0253. The summed E-state index contributed by atoms with van der Waals surface area (Å²) >= 11 is 1.46. The predicted octanol–water partition coefficient (Wildman–Crippen LogP) is 7.21. The van der Waals surface area contributed by atoms with Crippen molar-refractivity contribution in [1.29, 1.82) is 0 Å². The lowest BCUT2D eigenvalue weighted by molar-refractivity contribution is -0.645. The van der Waals surface area contributed by atoms with Crippen LogP contribution in [0.4, 0.5) is 11.4 Å². The van der Waals surface area contributed by atoms with E-state index < -0.39 is 6.29 Å². The first-order valence-corrected chi connectivity index (χ1v) is 18.7. The third kappa shape index (κ3) is 10.7. The van der Waals surface area contributed by atoms with Crippen molar-refractivity contribution in [3.05, 3.63) is 149 Å². The number of carbonyl (C=O) groups excluding carboxylic acids is 2. The van der Waals surface area contributed by atoms with E-state index in [9.17, 15) is 19.9 Å². The largest absolute Gasteiger partial charge is 0.618 e. The lowest BCUT2D eigenvalue weighted by Gasteiger charge is -2.36. The molecule has 1 aliphatic rings. The fourth-order valence-corrected chi connectivity index (χ4v) is 7.04. The van der Waals surface area contributed by atoms with Crippen LogP contribution in [0.2, 0.25) is 0 Å². The van der Waals surface area contributed by atoms with Gasteiger partial charge in [-0.1, -0.05) is 90.6 Å². The van der Waals surface area contributed by atoms with Crippen LogP contribution >= 0.6 is 11.8 Å². The van der Waals surface area contributed by atoms with E-state index in [0.717, 1.165) is 38.1 Å². The van der Waals surface area contributed by atoms with Gasteiger partial charge in [-0.05, 0) is 64.9 Å². The number of ether oxygens (including phenoxy) is 2. The van der Waals surface area contributed by atoms with Gasteiger partial charge in [-0.25, -0.2) is 0 Å². The Bertz CT molecular complexity index is 1970. The molecule has 0 saturated carbocycles. The van der Waals surface area contributed by atoms with Crippen molar-refractivity contribution in [1.82, 2.24) is 5.32 Å². The molecule has 6 rings (SSSR count). The smallest absolute Gasteiger partial charge is 0.251 e. The van der Waals surface area contributed by atoms with Gasteiger partial charge in [-0.3, -0.25) is 9.59 Å². The monoisotopic (exact) mass is 732 g/mol. The Morgan fingerprint density at radius 1 is 0.811 bits per heavy atom. The maximum atomic E-state index is 12.6. The summed E-state index contributed by atoms with van der Waals surface area (Å²) in [5, 5.41) is 28.2. The lowest BCUT2D eigenvalue weighted by Crippen LogP contribution is -2.32. The number of hydrogen-bond donors (Lipinski definition) is 4. The molecular weight excluding hydrogens is 689 g/mol. The van der Waals surface area contributed by atoms with Crippen LogP contribution in [-0.2, 0) is 32.2 Å². The van der Waals surface area contributed by atoms with E-state index in [2.05, 4.69) is 16.7 Å². The highest BCUT2D eigenvalue weighted by atomic mass is 32.2. The Hall–Kier alpha value is -5.20. The number of hydrogen-bond acceptors (Lipinski definition) is 8. The highest BCUT2D eigenvalue weighted by Gasteiger charge is 2.32. The molecule has 1 saturated heterocycles. The second kappa shape index (κ2) is 18.5. The predicted molar refractivity (Wildman–Crippen MR) is 206 cm³/mol. The van der Waals surface area contributed by atoms with Crippen molar-refractivity contribution in [3.63, 3.8) is 0 Å². The van der Waals surface area contributed by atoms with Gasteiger partial charge in [0.2, 0.25) is 11.8 Å². The van der Waals surface area contributed by atoms with E-state index in [4.69, 9.17) is 15.2 Å². The van der Waals surface area contributed by atoms with E-state index >= 15 is 0 Å². The number of nitrogens with two attached hydrogens (primary N) is 1. The Labute approximate surface area is 313 Å². The number of aliphatic hydroxyl groups excluding tert-OH is 1. The van der Waals surface area contributed by atoms with E-state index in [1.807, 2.05) is 84.9 Å². The second-order valence-corrected chi connectivity index (χ2v) is 14.0. The summed E-state index contributed by atoms with van der Waals surface area (Å²) < 4.78 is 13.8. The third-order valence-electron chi connectivity index (χ3n) is 9.05. The van der Waals surface area contributed by atoms with Gasteiger partial charge >= 0.3 is 0 Å². The van der Waals surface area contributed by atoms with Crippen LogP contribution in [-0.4, -0.2) is 28.8 Å². The molecule has 1 aromatic heterocycles. The normalized spacial score (nSPS) is 16.9. The molecule has 0 bridgehead atoms. The highest BCUT2D eigenvalue weighted by molar-refractivity contribution is 7.99. The number of nitrogens with zero attached hydrogens (tertiary/aromatic N) is 1. The molecule has 1 aliphatic heterocycles. The number of carbonyl (C=O) groups is 2. The first-order chi connectivity index (χ1) is 25.8. The summed E-state index contributed by atoms with van der Waals surface area (Å²) in [6, 6.07) is 36.4. The van der Waals surface area contributed by atoms with Gasteiger partial charge < -0.3 is 36.2 Å². The summed E-state index contributed by atoms with van der Waals surface area (Å²) in [6.45, 7) is 0.375. The minimum Gasteiger partial charge on any atom is -0.618 e. The zero-order valence-electron chi connectivity index (χ0n) is 29.4. The van der Waals surface area contributed by atoms with Crippen LogP contribution in [0.5, 0.6) is 0 Å². The van der Waals surface area contributed by atoms with E-state index in [1.165, 1.54) is 18.0 Å². The fourth-order valence-electron chi connectivity index (χ4n) is 6.10. The van der Waals surface area contributed by atoms with Crippen LogP contribution in [0.1, 0.15) is 66.8 Å². The number of aliphatic hydroxyl groups is 1. The maximum Gasteiger partial charge on any atom is 0.251 e. The van der Waals surface area contributed by atoms with Crippen LogP contribution in [0.25, 0.3) is 11.1 Å². The number of pyridine rings is 1. The summed E-state index contributed by atoms with van der Waals surface area (Å²) in [4.78, 5) is 24.8. The number of thioether (sulfide) groups is 1. The van der Waals surface area contributed by atoms with Crippen LogP contribution in [0, 0.1) is 5.21 Å². The number of para-hydroxylation sites is 2. The molecule has 1 fully saturated rings. The number of amides is 2. The van der Waals surface area contributed by atoms with Crippen molar-refractivity contribution in [2.75, 3.05) is 16.8 Å². The van der Waals surface area contributed by atoms with Crippen LogP contribution in [0.3, 0.4) is 0 Å². The van der Waals surface area contributed by atoms with E-state index in [-0.39, 0.29) is 30.6 Å². The first-order valence-electron chi connectivity index (χ1n) is 17.8. The molecule has 0 spiro atoms. The highest BCUT2D eigenvalue weighted by Crippen LogP contribution is 2.39. The molecule has 0 radical (unpaired) electrons. The average Bonchev–Trinajstić information content (AvgIpc) is 3.19. The molecule has 2 heterocycles. The van der Waals surface area contributed by atoms with Crippen molar-refractivity contribution in [2.45, 2.75) is 68.8 Å². The van der Waals surface area contributed by atoms with Crippen molar-refractivity contribution in [2.24, 2.45) is 0 Å². The standard InChI is InChI=1S/C42H44N4O6S/c43-36-10-1-2-11-37(36)45-40(49)13-4-3-12-39(48)44-26-30-8-7-9-34(24-30)31-19-21-33(22-20-31)42-51-35(28-53-41-14-5-6-23-46(41)50)25-38(52-42)32-17-15-29(27-47)16-18-32/h1-2,5-11,14-24,35,38,42,47H,3-4,12-13,25-28,43H2,(H,44,48)(H,45,49)/t35-,38+,42+/m0/s1.